The Hall–Kier alpha value is -0.470. The zero-order valence-corrected chi connectivity index (χ0v) is 18.7. The summed E-state index contributed by atoms with van der Waals surface area (Å²) >= 11 is 6.05. The molecular formula is C18H32ClIN4O. The van der Waals surface area contributed by atoms with E-state index in [2.05, 4.69) is 15.2 Å². The first-order valence-corrected chi connectivity index (χ1v) is 9.32. The summed E-state index contributed by atoms with van der Waals surface area (Å²) in [7, 11) is 5.86. The van der Waals surface area contributed by atoms with Gasteiger partial charge in [0.15, 0.2) is 5.96 Å². The van der Waals surface area contributed by atoms with Gasteiger partial charge in [-0.05, 0) is 25.3 Å². The van der Waals surface area contributed by atoms with Crippen LogP contribution < -0.4 is 5.32 Å². The van der Waals surface area contributed by atoms with Crippen molar-refractivity contribution in [3.8, 4) is 0 Å². The van der Waals surface area contributed by atoms with Crippen LogP contribution in [-0.2, 0) is 18.3 Å². The Morgan fingerprint density at radius 2 is 2.12 bits per heavy atom. The molecule has 0 aliphatic heterocycles. The van der Waals surface area contributed by atoms with Crippen molar-refractivity contribution in [2.75, 3.05) is 27.2 Å². The Labute approximate surface area is 174 Å². The summed E-state index contributed by atoms with van der Waals surface area (Å²) in [5.41, 5.74) is 1.16. The number of hydrogen-bond acceptors (Lipinski definition) is 2. The summed E-state index contributed by atoms with van der Waals surface area (Å²) < 4.78 is 8.01. The van der Waals surface area contributed by atoms with Crippen LogP contribution in [0.25, 0.3) is 0 Å². The van der Waals surface area contributed by atoms with E-state index in [0.29, 0.717) is 6.10 Å². The van der Waals surface area contributed by atoms with E-state index < -0.39 is 0 Å². The first-order chi connectivity index (χ1) is 11.6. The predicted molar refractivity (Wildman–Crippen MR) is 116 cm³/mol. The zero-order chi connectivity index (χ0) is 17.4. The molecule has 144 valence electrons. The van der Waals surface area contributed by atoms with E-state index in [1.54, 1.807) is 0 Å². The van der Waals surface area contributed by atoms with Crippen molar-refractivity contribution < 1.29 is 4.74 Å². The molecule has 1 saturated carbocycles. The SMILES string of the molecule is CN=C(NCCCOC1CCCCC1)N(C)Cc1cc(Cl)cn1C.I. The average Bonchev–Trinajstić information content (AvgIpc) is 2.89. The molecule has 1 heterocycles. The second kappa shape index (κ2) is 12.0. The van der Waals surface area contributed by atoms with Gasteiger partial charge in [0.05, 0.1) is 17.7 Å². The Morgan fingerprint density at radius 1 is 1.40 bits per heavy atom. The number of ether oxygens (including phenoxy) is 1. The zero-order valence-electron chi connectivity index (χ0n) is 15.6. The smallest absolute Gasteiger partial charge is 0.193 e. The molecule has 0 radical (unpaired) electrons. The van der Waals surface area contributed by atoms with Gasteiger partial charge in [-0.1, -0.05) is 30.9 Å². The molecule has 7 heteroatoms. The van der Waals surface area contributed by atoms with Gasteiger partial charge in [0.1, 0.15) is 0 Å². The van der Waals surface area contributed by atoms with E-state index in [-0.39, 0.29) is 24.0 Å². The monoisotopic (exact) mass is 482 g/mol. The predicted octanol–water partition coefficient (Wildman–Crippen LogP) is 4.04. The van der Waals surface area contributed by atoms with Crippen molar-refractivity contribution in [3.05, 3.63) is 23.0 Å². The molecule has 1 aliphatic rings. The average molecular weight is 483 g/mol. The lowest BCUT2D eigenvalue weighted by atomic mass is 9.98. The lowest BCUT2D eigenvalue weighted by Gasteiger charge is -2.23. The molecule has 0 amide bonds. The van der Waals surface area contributed by atoms with Crippen LogP contribution in [0.2, 0.25) is 5.02 Å². The lowest BCUT2D eigenvalue weighted by molar-refractivity contribution is 0.0276. The number of nitrogens with zero attached hydrogens (tertiary/aromatic N) is 3. The molecule has 0 atom stereocenters. The van der Waals surface area contributed by atoms with Crippen LogP contribution in [0.15, 0.2) is 17.3 Å². The van der Waals surface area contributed by atoms with Crippen molar-refractivity contribution in [2.24, 2.45) is 12.0 Å². The van der Waals surface area contributed by atoms with Crippen LogP contribution in [0.4, 0.5) is 0 Å². The van der Waals surface area contributed by atoms with Crippen LogP contribution in [-0.4, -0.2) is 48.8 Å². The summed E-state index contributed by atoms with van der Waals surface area (Å²) in [6.07, 6.45) is 9.89. The van der Waals surface area contributed by atoms with Crippen LogP contribution in [0.1, 0.15) is 44.2 Å². The maximum Gasteiger partial charge on any atom is 0.193 e. The summed E-state index contributed by atoms with van der Waals surface area (Å²) in [5, 5.41) is 4.17. The van der Waals surface area contributed by atoms with Gasteiger partial charge in [-0.2, -0.15) is 0 Å². The number of aryl methyl sites for hydroxylation is 1. The van der Waals surface area contributed by atoms with Crippen LogP contribution in [0.5, 0.6) is 0 Å². The molecule has 0 bridgehead atoms. The fraction of sp³-hybridized carbons (Fsp3) is 0.722. The van der Waals surface area contributed by atoms with E-state index in [1.807, 2.05) is 38.0 Å². The quantitative estimate of drug-likeness (QED) is 0.276. The van der Waals surface area contributed by atoms with Crippen molar-refractivity contribution in [1.82, 2.24) is 14.8 Å². The number of nitrogens with one attached hydrogen (secondary N) is 1. The molecule has 25 heavy (non-hydrogen) atoms. The van der Waals surface area contributed by atoms with Gasteiger partial charge in [0.2, 0.25) is 0 Å². The molecule has 0 saturated heterocycles. The minimum atomic E-state index is 0. The molecule has 0 unspecified atom stereocenters. The van der Waals surface area contributed by atoms with Crippen molar-refractivity contribution in [3.63, 3.8) is 0 Å². The highest BCUT2D eigenvalue weighted by atomic mass is 127. The topological polar surface area (TPSA) is 41.8 Å². The summed E-state index contributed by atoms with van der Waals surface area (Å²) in [5.74, 6) is 0.894. The normalized spacial score (nSPS) is 15.8. The molecule has 1 aliphatic carbocycles. The molecule has 2 rings (SSSR count). The molecule has 1 aromatic heterocycles. The maximum absolute atomic E-state index is 6.05. The highest BCUT2D eigenvalue weighted by molar-refractivity contribution is 14.0. The number of rotatable bonds is 7. The Balaban J connectivity index is 0.00000312. The number of hydrogen-bond donors (Lipinski definition) is 1. The fourth-order valence-corrected chi connectivity index (χ4v) is 3.45. The van der Waals surface area contributed by atoms with Crippen LogP contribution >= 0.6 is 35.6 Å². The largest absolute Gasteiger partial charge is 0.378 e. The van der Waals surface area contributed by atoms with E-state index in [4.69, 9.17) is 16.3 Å². The summed E-state index contributed by atoms with van der Waals surface area (Å²) in [6.45, 7) is 2.46. The van der Waals surface area contributed by atoms with Gasteiger partial charge in [-0.25, -0.2) is 0 Å². The second-order valence-corrected chi connectivity index (χ2v) is 7.01. The van der Waals surface area contributed by atoms with Gasteiger partial charge in [0, 0.05) is 46.2 Å². The number of guanidine groups is 1. The first-order valence-electron chi connectivity index (χ1n) is 8.94. The lowest BCUT2D eigenvalue weighted by Crippen LogP contribution is -2.39. The Bertz CT molecular complexity index is 529. The summed E-state index contributed by atoms with van der Waals surface area (Å²) in [4.78, 5) is 6.46. The van der Waals surface area contributed by atoms with E-state index in [9.17, 15) is 0 Å². The third-order valence-electron chi connectivity index (χ3n) is 4.56. The second-order valence-electron chi connectivity index (χ2n) is 6.57. The van der Waals surface area contributed by atoms with Gasteiger partial charge < -0.3 is 19.5 Å². The van der Waals surface area contributed by atoms with Crippen molar-refractivity contribution in [2.45, 2.75) is 51.2 Å². The van der Waals surface area contributed by atoms with E-state index >= 15 is 0 Å². The van der Waals surface area contributed by atoms with Gasteiger partial charge in [-0.15, -0.1) is 24.0 Å². The van der Waals surface area contributed by atoms with Crippen LogP contribution in [0.3, 0.4) is 0 Å². The third kappa shape index (κ3) is 7.74. The molecule has 1 N–H and O–H groups in total. The van der Waals surface area contributed by atoms with Gasteiger partial charge in [0.25, 0.3) is 0 Å². The minimum Gasteiger partial charge on any atom is -0.378 e. The minimum absolute atomic E-state index is 0. The Kier molecular flexibility index (Phi) is 10.8. The Morgan fingerprint density at radius 3 is 2.72 bits per heavy atom. The summed E-state index contributed by atoms with van der Waals surface area (Å²) in [6, 6.07) is 1.99. The molecule has 5 nitrogen and oxygen atoms in total. The molecule has 0 aromatic carbocycles. The van der Waals surface area contributed by atoms with Crippen LogP contribution in [0, 0.1) is 0 Å². The number of aromatic nitrogens is 1. The third-order valence-corrected chi connectivity index (χ3v) is 4.76. The first kappa shape index (κ1) is 22.6. The molecule has 1 aromatic rings. The van der Waals surface area contributed by atoms with Gasteiger partial charge in [-0.3, -0.25) is 4.99 Å². The fourth-order valence-electron chi connectivity index (χ4n) is 3.18. The molecule has 0 spiro atoms. The van der Waals surface area contributed by atoms with E-state index in [1.165, 1.54) is 32.1 Å². The molecular weight excluding hydrogens is 451 g/mol. The molecule has 1 fully saturated rings. The highest BCUT2D eigenvalue weighted by Crippen LogP contribution is 2.20. The maximum atomic E-state index is 6.05. The number of aliphatic imine (C=N–C) groups is 1. The van der Waals surface area contributed by atoms with E-state index in [0.717, 1.165) is 42.8 Å². The standard InChI is InChI=1S/C18H31ClN4O.HI/c1-20-18(23(3)14-16-12-15(19)13-22(16)2)21-10-7-11-24-17-8-5-4-6-9-17;/h12-13,17H,4-11,14H2,1-3H3,(H,20,21);1H. The number of halogens is 2. The van der Waals surface area contributed by atoms with Crippen molar-refractivity contribution in [1.29, 1.82) is 0 Å². The van der Waals surface area contributed by atoms with Crippen molar-refractivity contribution >= 4 is 41.5 Å². The highest BCUT2D eigenvalue weighted by Gasteiger charge is 2.13. The van der Waals surface area contributed by atoms with Gasteiger partial charge >= 0.3 is 0 Å².